The van der Waals surface area contributed by atoms with E-state index in [0.717, 1.165) is 0 Å². The monoisotopic (exact) mass is 424 g/mol. The van der Waals surface area contributed by atoms with Crippen LogP contribution in [0.5, 0.6) is 0 Å². The van der Waals surface area contributed by atoms with Crippen molar-refractivity contribution in [2.24, 2.45) is 0 Å². The summed E-state index contributed by atoms with van der Waals surface area (Å²) in [4.78, 5) is 0. The Labute approximate surface area is 197 Å². The van der Waals surface area contributed by atoms with Gasteiger partial charge >= 0.3 is 0 Å². The predicted octanol–water partition coefficient (Wildman–Crippen LogP) is 9.28. The summed E-state index contributed by atoms with van der Waals surface area (Å²) < 4.78 is 0. The van der Waals surface area contributed by atoms with Crippen molar-refractivity contribution < 1.29 is 0 Å². The molecule has 0 atom stereocenters. The summed E-state index contributed by atoms with van der Waals surface area (Å²) in [6.45, 7) is 6.50. The van der Waals surface area contributed by atoms with E-state index in [1.807, 2.05) is 0 Å². The largest absolute Gasteiger partial charge is 0.0614 e. The van der Waals surface area contributed by atoms with E-state index < -0.39 is 0 Å². The molecule has 0 fully saturated rings. The molecule has 160 valence electrons. The molecule has 0 heterocycles. The first-order valence-electron chi connectivity index (χ1n) is 11.5. The highest BCUT2D eigenvalue weighted by Gasteiger charge is 2.08. The summed E-state index contributed by atoms with van der Waals surface area (Å²) in [5.41, 5.74) is 13.9. The van der Waals surface area contributed by atoms with Crippen molar-refractivity contribution in [2.45, 2.75) is 20.8 Å². The summed E-state index contributed by atoms with van der Waals surface area (Å²) in [6, 6.07) is 41.9. The molecule has 0 bridgehead atoms. The minimum absolute atomic E-state index is 1.25. The van der Waals surface area contributed by atoms with E-state index in [4.69, 9.17) is 0 Å². The zero-order valence-corrected chi connectivity index (χ0v) is 19.5. The molecule has 0 aliphatic heterocycles. The van der Waals surface area contributed by atoms with E-state index in [1.54, 1.807) is 0 Å². The molecule has 0 radical (unpaired) electrons. The number of aryl methyl sites for hydroxylation is 3. The summed E-state index contributed by atoms with van der Waals surface area (Å²) in [5, 5.41) is 0. The molecule has 0 nitrogen and oxygen atoms in total. The fourth-order valence-corrected chi connectivity index (χ4v) is 4.56. The third-order valence-electron chi connectivity index (χ3n) is 6.30. The molecular formula is C33H28. The van der Waals surface area contributed by atoms with Crippen molar-refractivity contribution in [1.82, 2.24) is 0 Å². The van der Waals surface area contributed by atoms with Crippen LogP contribution < -0.4 is 0 Å². The Kier molecular flexibility index (Phi) is 5.67. The summed E-state index contributed by atoms with van der Waals surface area (Å²) >= 11 is 0. The lowest BCUT2D eigenvalue weighted by atomic mass is 9.92. The maximum atomic E-state index is 2.31. The minimum Gasteiger partial charge on any atom is -0.0614 e. The molecule has 0 saturated heterocycles. The molecule has 5 rings (SSSR count). The van der Waals surface area contributed by atoms with Gasteiger partial charge in [-0.2, -0.15) is 0 Å². The maximum Gasteiger partial charge on any atom is -0.0154 e. The van der Waals surface area contributed by atoms with E-state index in [9.17, 15) is 0 Å². The molecule has 33 heavy (non-hydrogen) atoms. The first kappa shape index (κ1) is 21.0. The van der Waals surface area contributed by atoms with Gasteiger partial charge in [-0.3, -0.25) is 0 Å². The fraction of sp³-hybridized carbons (Fsp3) is 0.0909. The lowest BCUT2D eigenvalue weighted by Gasteiger charge is -2.12. The highest BCUT2D eigenvalue weighted by atomic mass is 14.1. The lowest BCUT2D eigenvalue weighted by molar-refractivity contribution is 1.44. The Morgan fingerprint density at radius 1 is 0.333 bits per heavy atom. The van der Waals surface area contributed by atoms with Crippen molar-refractivity contribution in [3.8, 4) is 44.5 Å². The van der Waals surface area contributed by atoms with Gasteiger partial charge in [0, 0.05) is 0 Å². The van der Waals surface area contributed by atoms with Crippen LogP contribution in [0.25, 0.3) is 44.5 Å². The van der Waals surface area contributed by atoms with Gasteiger partial charge in [-0.15, -0.1) is 0 Å². The highest BCUT2D eigenvalue weighted by molar-refractivity contribution is 5.79. The van der Waals surface area contributed by atoms with Crippen LogP contribution in [0.4, 0.5) is 0 Å². The first-order valence-corrected chi connectivity index (χ1v) is 11.5. The van der Waals surface area contributed by atoms with Gasteiger partial charge in [0.2, 0.25) is 0 Å². The van der Waals surface area contributed by atoms with Crippen molar-refractivity contribution in [3.63, 3.8) is 0 Å². The minimum atomic E-state index is 1.25. The summed E-state index contributed by atoms with van der Waals surface area (Å²) in [5.74, 6) is 0. The van der Waals surface area contributed by atoms with E-state index >= 15 is 0 Å². The zero-order valence-electron chi connectivity index (χ0n) is 19.5. The number of hydrogen-bond donors (Lipinski definition) is 0. The SMILES string of the molecule is Cc1cccc(-c2cccc(-c3ccc(-c4cccc(-c5cccc(C)c5)c4)c(C)c3)c2)c1. The second kappa shape index (κ2) is 8.92. The van der Waals surface area contributed by atoms with Gasteiger partial charge in [0.15, 0.2) is 0 Å². The Morgan fingerprint density at radius 2 is 0.727 bits per heavy atom. The van der Waals surface area contributed by atoms with E-state index in [1.165, 1.54) is 61.2 Å². The fourth-order valence-electron chi connectivity index (χ4n) is 4.56. The highest BCUT2D eigenvalue weighted by Crippen LogP contribution is 2.33. The van der Waals surface area contributed by atoms with Gasteiger partial charge in [-0.1, -0.05) is 114 Å². The summed E-state index contributed by atoms with van der Waals surface area (Å²) in [6.07, 6.45) is 0. The Bertz CT molecular complexity index is 1440. The van der Waals surface area contributed by atoms with Crippen molar-refractivity contribution in [3.05, 3.63) is 132 Å². The molecule has 0 aliphatic rings. The quantitative estimate of drug-likeness (QED) is 0.270. The van der Waals surface area contributed by atoms with E-state index in [-0.39, 0.29) is 0 Å². The normalized spacial score (nSPS) is 10.9. The Hall–Kier alpha value is -3.90. The van der Waals surface area contributed by atoms with Gasteiger partial charge < -0.3 is 0 Å². The third kappa shape index (κ3) is 4.52. The molecular weight excluding hydrogens is 396 g/mol. The van der Waals surface area contributed by atoms with Crippen molar-refractivity contribution in [2.75, 3.05) is 0 Å². The van der Waals surface area contributed by atoms with Crippen LogP contribution in [0.1, 0.15) is 16.7 Å². The van der Waals surface area contributed by atoms with Crippen molar-refractivity contribution in [1.29, 1.82) is 0 Å². The molecule has 5 aromatic rings. The lowest BCUT2D eigenvalue weighted by Crippen LogP contribution is -1.88. The van der Waals surface area contributed by atoms with Crippen LogP contribution >= 0.6 is 0 Å². The predicted molar refractivity (Wildman–Crippen MR) is 142 cm³/mol. The van der Waals surface area contributed by atoms with Crippen LogP contribution in [0.15, 0.2) is 115 Å². The molecule has 0 unspecified atom stereocenters. The average molecular weight is 425 g/mol. The second-order valence-electron chi connectivity index (χ2n) is 8.93. The molecule has 5 aromatic carbocycles. The standard InChI is InChI=1S/C33H28/c1-23-8-4-10-26(18-23)28-12-6-13-29(21-28)31-16-17-33(25(3)20-31)32-15-7-14-30(22-32)27-11-5-9-24(2)19-27/h4-22H,1-3H3. The third-order valence-corrected chi connectivity index (χ3v) is 6.30. The number of benzene rings is 5. The van der Waals surface area contributed by atoms with Crippen molar-refractivity contribution >= 4 is 0 Å². The van der Waals surface area contributed by atoms with Crippen LogP contribution in [-0.2, 0) is 0 Å². The van der Waals surface area contributed by atoms with Gasteiger partial charge in [-0.25, -0.2) is 0 Å². The van der Waals surface area contributed by atoms with Crippen LogP contribution in [-0.4, -0.2) is 0 Å². The maximum absolute atomic E-state index is 2.31. The Morgan fingerprint density at radius 3 is 1.21 bits per heavy atom. The second-order valence-corrected chi connectivity index (χ2v) is 8.93. The zero-order chi connectivity index (χ0) is 22.8. The molecule has 0 N–H and O–H groups in total. The van der Waals surface area contributed by atoms with Crippen LogP contribution in [0, 0.1) is 20.8 Å². The molecule has 0 heteroatoms. The summed E-state index contributed by atoms with van der Waals surface area (Å²) in [7, 11) is 0. The average Bonchev–Trinajstić information content (AvgIpc) is 2.84. The van der Waals surface area contributed by atoms with Gasteiger partial charge in [0.25, 0.3) is 0 Å². The van der Waals surface area contributed by atoms with Gasteiger partial charge in [-0.05, 0) is 83.0 Å². The van der Waals surface area contributed by atoms with Gasteiger partial charge in [0.05, 0.1) is 0 Å². The Balaban J connectivity index is 1.49. The van der Waals surface area contributed by atoms with E-state index in [2.05, 4.69) is 136 Å². The molecule has 0 aromatic heterocycles. The first-order chi connectivity index (χ1) is 16.1. The molecule has 0 saturated carbocycles. The number of hydrogen-bond acceptors (Lipinski definition) is 0. The molecule has 0 aliphatic carbocycles. The van der Waals surface area contributed by atoms with E-state index in [0.29, 0.717) is 0 Å². The van der Waals surface area contributed by atoms with Gasteiger partial charge in [0.1, 0.15) is 0 Å². The number of rotatable bonds is 4. The molecule has 0 amide bonds. The van der Waals surface area contributed by atoms with Crippen LogP contribution in [0.2, 0.25) is 0 Å². The molecule has 0 spiro atoms. The van der Waals surface area contributed by atoms with Crippen LogP contribution in [0.3, 0.4) is 0 Å². The smallest absolute Gasteiger partial charge is 0.0154 e. The topological polar surface area (TPSA) is 0 Å².